The summed E-state index contributed by atoms with van der Waals surface area (Å²) < 4.78 is 11.0. The Morgan fingerprint density at radius 3 is 2.59 bits per heavy atom. The Morgan fingerprint density at radius 1 is 1.06 bits per heavy atom. The number of hydrogen-bond acceptors (Lipinski definition) is 5. The lowest BCUT2D eigenvalue weighted by molar-refractivity contribution is -0.160. The minimum absolute atomic E-state index is 0.221. The number of carbonyl (C=O) groups excluding carboxylic acids is 3. The molecule has 1 fully saturated rings. The van der Waals surface area contributed by atoms with E-state index in [9.17, 15) is 14.4 Å². The molecule has 0 spiro atoms. The number of hydrogen-bond donors (Lipinski definition) is 1. The first-order valence-electron chi connectivity index (χ1n) is 11.4. The molecule has 4 rings (SSSR count). The molecule has 0 aliphatic carbocycles. The minimum atomic E-state index is -1.11. The van der Waals surface area contributed by atoms with Gasteiger partial charge in [-0.3, -0.25) is 14.4 Å². The molecule has 0 bridgehead atoms. The summed E-state index contributed by atoms with van der Waals surface area (Å²) in [6.45, 7) is 4.62. The summed E-state index contributed by atoms with van der Waals surface area (Å²) >= 11 is 0. The number of likely N-dealkylation sites (tertiary alicyclic amines) is 1. The van der Waals surface area contributed by atoms with E-state index in [1.54, 1.807) is 41.3 Å². The van der Waals surface area contributed by atoms with Gasteiger partial charge in [0.15, 0.2) is 5.76 Å². The van der Waals surface area contributed by atoms with Gasteiger partial charge in [-0.1, -0.05) is 42.5 Å². The van der Waals surface area contributed by atoms with E-state index in [0.29, 0.717) is 30.6 Å². The van der Waals surface area contributed by atoms with Crippen molar-refractivity contribution in [1.82, 2.24) is 4.90 Å². The third-order valence-electron chi connectivity index (χ3n) is 6.00. The second kappa shape index (κ2) is 10.4. The number of benzene rings is 2. The standard InChI is InChI=1S/C27H28N2O5/c1-18-12-13-19(2)22(16-18)28-25(30)24(20-8-4-3-5-9-20)34-27(32)21-10-6-14-29(17-21)26(31)23-11-7-15-33-23/h3-5,7-9,11-13,15-16,21,24H,6,10,14,17H2,1-2H3,(H,28,30)/t21-,24-/m1/s1. The third kappa shape index (κ3) is 5.36. The van der Waals surface area contributed by atoms with Crippen LogP contribution in [0.1, 0.15) is 46.2 Å². The highest BCUT2D eigenvalue weighted by Crippen LogP contribution is 2.26. The lowest BCUT2D eigenvalue weighted by Crippen LogP contribution is -2.43. The first kappa shape index (κ1) is 23.3. The van der Waals surface area contributed by atoms with E-state index >= 15 is 0 Å². The Labute approximate surface area is 198 Å². The van der Waals surface area contributed by atoms with E-state index in [-0.39, 0.29) is 18.2 Å². The topological polar surface area (TPSA) is 88.9 Å². The Kier molecular flexibility index (Phi) is 7.11. The molecule has 176 valence electrons. The summed E-state index contributed by atoms with van der Waals surface area (Å²) in [7, 11) is 0. The number of piperidine rings is 1. The summed E-state index contributed by atoms with van der Waals surface area (Å²) in [5, 5.41) is 2.91. The maximum atomic E-state index is 13.3. The van der Waals surface area contributed by atoms with Gasteiger partial charge >= 0.3 is 5.97 Å². The molecule has 1 aliphatic heterocycles. The van der Waals surface area contributed by atoms with Crippen LogP contribution in [-0.2, 0) is 14.3 Å². The quantitative estimate of drug-likeness (QED) is 0.540. The Bertz CT molecular complexity index is 1160. The van der Waals surface area contributed by atoms with Crippen molar-refractivity contribution < 1.29 is 23.5 Å². The van der Waals surface area contributed by atoms with Gasteiger partial charge in [0.05, 0.1) is 12.2 Å². The van der Waals surface area contributed by atoms with E-state index in [1.807, 2.05) is 38.1 Å². The molecule has 0 saturated carbocycles. The number of carbonyl (C=O) groups is 3. The van der Waals surface area contributed by atoms with E-state index < -0.39 is 23.9 Å². The summed E-state index contributed by atoms with van der Waals surface area (Å²) in [6.07, 6.45) is 1.59. The summed E-state index contributed by atoms with van der Waals surface area (Å²) in [5.74, 6) is -1.46. The Morgan fingerprint density at radius 2 is 1.85 bits per heavy atom. The van der Waals surface area contributed by atoms with Crippen LogP contribution in [0.4, 0.5) is 5.69 Å². The van der Waals surface area contributed by atoms with Crippen molar-refractivity contribution in [1.29, 1.82) is 0 Å². The van der Waals surface area contributed by atoms with Gasteiger partial charge in [0.1, 0.15) is 0 Å². The number of amides is 2. The molecule has 7 nitrogen and oxygen atoms in total. The summed E-state index contributed by atoms with van der Waals surface area (Å²) in [5.41, 5.74) is 3.18. The van der Waals surface area contributed by atoms with Crippen LogP contribution in [0.15, 0.2) is 71.3 Å². The molecule has 7 heteroatoms. The zero-order valence-electron chi connectivity index (χ0n) is 19.3. The van der Waals surface area contributed by atoms with Crippen LogP contribution in [0.3, 0.4) is 0 Å². The van der Waals surface area contributed by atoms with Crippen LogP contribution < -0.4 is 5.32 Å². The van der Waals surface area contributed by atoms with Crippen LogP contribution in [0, 0.1) is 19.8 Å². The largest absolute Gasteiger partial charge is 0.459 e. The minimum Gasteiger partial charge on any atom is -0.459 e. The fourth-order valence-electron chi connectivity index (χ4n) is 4.09. The molecule has 2 heterocycles. The average Bonchev–Trinajstić information content (AvgIpc) is 3.40. The third-order valence-corrected chi connectivity index (χ3v) is 6.00. The monoisotopic (exact) mass is 460 g/mol. The molecular weight excluding hydrogens is 432 g/mol. The number of anilines is 1. The van der Waals surface area contributed by atoms with Gasteiger partial charge in [0.2, 0.25) is 6.10 Å². The maximum Gasteiger partial charge on any atom is 0.311 e. The molecule has 0 unspecified atom stereocenters. The zero-order chi connectivity index (χ0) is 24.1. The number of aryl methyl sites for hydroxylation is 2. The van der Waals surface area contributed by atoms with E-state index in [2.05, 4.69) is 5.32 Å². The van der Waals surface area contributed by atoms with Gasteiger partial charge in [-0.15, -0.1) is 0 Å². The number of furan rings is 1. The Balaban J connectivity index is 1.50. The number of nitrogens with zero attached hydrogens (tertiary/aromatic N) is 1. The van der Waals surface area contributed by atoms with Gasteiger partial charge in [-0.25, -0.2) is 0 Å². The second-order valence-corrected chi connectivity index (χ2v) is 8.60. The second-order valence-electron chi connectivity index (χ2n) is 8.60. The first-order chi connectivity index (χ1) is 16.4. The molecule has 2 aromatic carbocycles. The van der Waals surface area contributed by atoms with Crippen LogP contribution in [0.5, 0.6) is 0 Å². The van der Waals surface area contributed by atoms with Crippen molar-refractivity contribution in [2.45, 2.75) is 32.8 Å². The lowest BCUT2D eigenvalue weighted by Gasteiger charge is -2.31. The van der Waals surface area contributed by atoms with Gasteiger partial charge in [0.25, 0.3) is 11.8 Å². The number of esters is 1. The number of ether oxygens (including phenoxy) is 1. The van der Waals surface area contributed by atoms with Gasteiger partial charge in [-0.05, 0) is 56.0 Å². The maximum absolute atomic E-state index is 13.3. The van der Waals surface area contributed by atoms with Crippen molar-refractivity contribution in [2.75, 3.05) is 18.4 Å². The molecule has 3 aromatic rings. The molecule has 1 aromatic heterocycles. The highest BCUT2D eigenvalue weighted by atomic mass is 16.5. The van der Waals surface area contributed by atoms with E-state index in [4.69, 9.17) is 9.15 Å². The molecule has 1 saturated heterocycles. The average molecular weight is 461 g/mol. The van der Waals surface area contributed by atoms with Crippen LogP contribution in [0.2, 0.25) is 0 Å². The SMILES string of the molecule is Cc1ccc(C)c(NC(=O)[C@H](OC(=O)[C@@H]2CCCN(C(=O)c3ccco3)C2)c2ccccc2)c1. The van der Waals surface area contributed by atoms with Gasteiger partial charge in [0, 0.05) is 24.3 Å². The van der Waals surface area contributed by atoms with Crippen LogP contribution in [-0.4, -0.2) is 35.8 Å². The fraction of sp³-hybridized carbons (Fsp3) is 0.296. The molecule has 34 heavy (non-hydrogen) atoms. The van der Waals surface area contributed by atoms with Crippen molar-refractivity contribution in [2.24, 2.45) is 5.92 Å². The predicted octanol–water partition coefficient (Wildman–Crippen LogP) is 4.67. The van der Waals surface area contributed by atoms with Crippen LogP contribution >= 0.6 is 0 Å². The van der Waals surface area contributed by atoms with Gasteiger partial charge < -0.3 is 19.4 Å². The van der Waals surface area contributed by atoms with Crippen molar-refractivity contribution >= 4 is 23.5 Å². The van der Waals surface area contributed by atoms with E-state index in [1.165, 1.54) is 6.26 Å². The molecule has 1 N–H and O–H groups in total. The highest BCUT2D eigenvalue weighted by molar-refractivity contribution is 5.97. The van der Waals surface area contributed by atoms with Crippen molar-refractivity contribution in [3.63, 3.8) is 0 Å². The molecule has 2 atom stereocenters. The van der Waals surface area contributed by atoms with Crippen molar-refractivity contribution in [3.05, 3.63) is 89.4 Å². The molecule has 1 aliphatic rings. The smallest absolute Gasteiger partial charge is 0.311 e. The number of rotatable bonds is 6. The first-order valence-corrected chi connectivity index (χ1v) is 11.4. The molecular formula is C27H28N2O5. The Hall–Kier alpha value is -3.87. The number of nitrogens with one attached hydrogen (secondary N) is 1. The molecule has 0 radical (unpaired) electrons. The predicted molar refractivity (Wildman–Crippen MR) is 127 cm³/mol. The van der Waals surface area contributed by atoms with Crippen LogP contribution in [0.25, 0.3) is 0 Å². The van der Waals surface area contributed by atoms with E-state index in [0.717, 1.165) is 11.1 Å². The van der Waals surface area contributed by atoms with Gasteiger partial charge in [-0.2, -0.15) is 0 Å². The lowest BCUT2D eigenvalue weighted by atomic mass is 9.97. The van der Waals surface area contributed by atoms with Crippen molar-refractivity contribution in [3.8, 4) is 0 Å². The zero-order valence-corrected chi connectivity index (χ0v) is 19.3. The normalized spacial score (nSPS) is 16.5. The fourth-order valence-corrected chi connectivity index (χ4v) is 4.09. The molecule has 2 amide bonds. The summed E-state index contributed by atoms with van der Waals surface area (Å²) in [6, 6.07) is 18.0. The summed E-state index contributed by atoms with van der Waals surface area (Å²) in [4.78, 5) is 40.7. The highest BCUT2D eigenvalue weighted by Gasteiger charge is 2.34.